The van der Waals surface area contributed by atoms with Crippen LogP contribution >= 0.6 is 11.8 Å². The lowest BCUT2D eigenvalue weighted by molar-refractivity contribution is 0.616. The fraction of sp³-hybridized carbons (Fsp3) is 0.100. The van der Waals surface area contributed by atoms with Gasteiger partial charge in [0.15, 0.2) is 10.8 Å². The topological polar surface area (TPSA) is 30.7 Å². The SMILES string of the molecule is Fc1cccc(Cn2c(SCc3ccccc3F)nc3cccnc32)c1. The van der Waals surface area contributed by atoms with Crippen molar-refractivity contribution in [3.05, 3.63) is 89.6 Å². The summed E-state index contributed by atoms with van der Waals surface area (Å²) >= 11 is 1.44. The van der Waals surface area contributed by atoms with Crippen LogP contribution in [0.15, 0.2) is 72.0 Å². The van der Waals surface area contributed by atoms with Crippen molar-refractivity contribution in [1.82, 2.24) is 14.5 Å². The molecule has 0 fully saturated rings. The van der Waals surface area contributed by atoms with Gasteiger partial charge in [-0.15, -0.1) is 0 Å². The Bertz CT molecular complexity index is 1060. The quantitative estimate of drug-likeness (QED) is 0.463. The number of thioether (sulfide) groups is 1. The number of aromatic nitrogens is 3. The second kappa shape index (κ2) is 7.25. The first kappa shape index (κ1) is 16.7. The molecule has 26 heavy (non-hydrogen) atoms. The maximum atomic E-state index is 13.9. The van der Waals surface area contributed by atoms with Crippen LogP contribution in [0.4, 0.5) is 8.78 Å². The number of hydrogen-bond acceptors (Lipinski definition) is 3. The Balaban J connectivity index is 1.68. The predicted molar refractivity (Wildman–Crippen MR) is 99.0 cm³/mol. The molecule has 2 heterocycles. The van der Waals surface area contributed by atoms with Crippen LogP contribution in [0.3, 0.4) is 0 Å². The van der Waals surface area contributed by atoms with Crippen molar-refractivity contribution in [2.24, 2.45) is 0 Å². The lowest BCUT2D eigenvalue weighted by Crippen LogP contribution is -2.03. The minimum Gasteiger partial charge on any atom is -0.299 e. The van der Waals surface area contributed by atoms with Gasteiger partial charge in [-0.05, 0) is 41.5 Å². The van der Waals surface area contributed by atoms with Gasteiger partial charge in [-0.3, -0.25) is 4.57 Å². The van der Waals surface area contributed by atoms with E-state index < -0.39 is 0 Å². The molecule has 0 spiro atoms. The Morgan fingerprint density at radius 1 is 0.962 bits per heavy atom. The first-order chi connectivity index (χ1) is 12.7. The van der Waals surface area contributed by atoms with Crippen LogP contribution < -0.4 is 0 Å². The summed E-state index contributed by atoms with van der Waals surface area (Å²) in [6, 6.07) is 16.9. The van der Waals surface area contributed by atoms with E-state index in [9.17, 15) is 8.78 Å². The number of halogens is 2. The molecule has 0 saturated heterocycles. The van der Waals surface area contributed by atoms with Crippen molar-refractivity contribution in [3.63, 3.8) is 0 Å². The van der Waals surface area contributed by atoms with E-state index in [4.69, 9.17) is 0 Å². The van der Waals surface area contributed by atoms with Gasteiger partial charge >= 0.3 is 0 Å². The van der Waals surface area contributed by atoms with Crippen molar-refractivity contribution in [2.75, 3.05) is 0 Å². The van der Waals surface area contributed by atoms with E-state index in [1.54, 1.807) is 24.4 Å². The molecule has 2 aromatic carbocycles. The number of hydrogen-bond donors (Lipinski definition) is 0. The Morgan fingerprint density at radius 3 is 2.69 bits per heavy atom. The normalized spacial score (nSPS) is 11.2. The highest BCUT2D eigenvalue weighted by Crippen LogP contribution is 2.27. The molecule has 0 N–H and O–H groups in total. The van der Waals surface area contributed by atoms with E-state index >= 15 is 0 Å². The Kier molecular flexibility index (Phi) is 4.67. The molecule has 4 aromatic rings. The number of fused-ring (bicyclic) bond motifs is 1. The summed E-state index contributed by atoms with van der Waals surface area (Å²) in [7, 11) is 0. The molecular formula is C20H15F2N3S. The smallest absolute Gasteiger partial charge is 0.170 e. The Hall–Kier alpha value is -2.73. The molecule has 0 saturated carbocycles. The summed E-state index contributed by atoms with van der Waals surface area (Å²) in [4.78, 5) is 9.04. The Labute approximate surface area is 153 Å². The number of benzene rings is 2. The highest BCUT2D eigenvalue weighted by Gasteiger charge is 2.14. The molecule has 0 atom stereocenters. The zero-order chi connectivity index (χ0) is 17.9. The van der Waals surface area contributed by atoms with Crippen LogP contribution in [-0.4, -0.2) is 14.5 Å². The van der Waals surface area contributed by atoms with Gasteiger partial charge in [-0.25, -0.2) is 18.7 Å². The van der Waals surface area contributed by atoms with Gasteiger partial charge in [0.05, 0.1) is 6.54 Å². The molecular weight excluding hydrogens is 352 g/mol. The van der Waals surface area contributed by atoms with Crippen molar-refractivity contribution in [1.29, 1.82) is 0 Å². The molecule has 0 amide bonds. The number of imidazole rings is 1. The van der Waals surface area contributed by atoms with Crippen LogP contribution in [0.25, 0.3) is 11.2 Å². The molecule has 3 nitrogen and oxygen atoms in total. The molecule has 0 unspecified atom stereocenters. The average molecular weight is 367 g/mol. The van der Waals surface area contributed by atoms with Crippen LogP contribution in [0, 0.1) is 11.6 Å². The second-order valence-corrected chi connectivity index (χ2v) is 6.78. The zero-order valence-electron chi connectivity index (χ0n) is 13.8. The monoisotopic (exact) mass is 367 g/mol. The van der Waals surface area contributed by atoms with Crippen LogP contribution in [0.5, 0.6) is 0 Å². The Morgan fingerprint density at radius 2 is 1.85 bits per heavy atom. The first-order valence-corrected chi connectivity index (χ1v) is 9.11. The van der Waals surface area contributed by atoms with E-state index in [1.807, 2.05) is 28.8 Å². The minimum atomic E-state index is -0.277. The highest BCUT2D eigenvalue weighted by molar-refractivity contribution is 7.98. The van der Waals surface area contributed by atoms with Crippen LogP contribution in [-0.2, 0) is 12.3 Å². The molecule has 130 valence electrons. The van der Waals surface area contributed by atoms with Crippen molar-refractivity contribution < 1.29 is 8.78 Å². The van der Waals surface area contributed by atoms with Gasteiger partial charge in [-0.2, -0.15) is 0 Å². The van der Waals surface area contributed by atoms with E-state index in [0.29, 0.717) is 17.9 Å². The molecule has 0 radical (unpaired) electrons. The van der Waals surface area contributed by atoms with Crippen LogP contribution in [0.2, 0.25) is 0 Å². The van der Waals surface area contributed by atoms with Gasteiger partial charge < -0.3 is 0 Å². The van der Waals surface area contributed by atoms with E-state index in [1.165, 1.54) is 30.0 Å². The molecule has 2 aromatic heterocycles. The molecule has 0 aliphatic carbocycles. The largest absolute Gasteiger partial charge is 0.299 e. The third-order valence-corrected chi connectivity index (χ3v) is 5.04. The molecule has 0 bridgehead atoms. The van der Waals surface area contributed by atoms with E-state index in [0.717, 1.165) is 21.9 Å². The third-order valence-electron chi connectivity index (χ3n) is 4.01. The van der Waals surface area contributed by atoms with Gasteiger partial charge in [0.25, 0.3) is 0 Å². The second-order valence-electron chi connectivity index (χ2n) is 5.84. The van der Waals surface area contributed by atoms with Gasteiger partial charge in [-0.1, -0.05) is 42.1 Å². The summed E-state index contributed by atoms with van der Waals surface area (Å²) in [6.07, 6.45) is 1.71. The lowest BCUT2D eigenvalue weighted by Gasteiger charge is -2.09. The number of nitrogens with zero attached hydrogens (tertiary/aromatic N) is 3. The predicted octanol–water partition coefficient (Wildman–Crippen LogP) is 5.05. The van der Waals surface area contributed by atoms with Gasteiger partial charge in [0.2, 0.25) is 0 Å². The third kappa shape index (κ3) is 3.46. The maximum Gasteiger partial charge on any atom is 0.170 e. The van der Waals surface area contributed by atoms with Crippen LogP contribution in [0.1, 0.15) is 11.1 Å². The summed E-state index contributed by atoms with van der Waals surface area (Å²) in [5.74, 6) is -0.0505. The van der Waals surface area contributed by atoms with E-state index in [2.05, 4.69) is 9.97 Å². The molecule has 4 rings (SSSR count). The van der Waals surface area contributed by atoms with E-state index in [-0.39, 0.29) is 11.6 Å². The molecule has 0 aliphatic rings. The fourth-order valence-corrected chi connectivity index (χ4v) is 3.75. The molecule has 6 heteroatoms. The van der Waals surface area contributed by atoms with Gasteiger partial charge in [0, 0.05) is 11.9 Å². The average Bonchev–Trinajstić information content (AvgIpc) is 2.99. The standard InChI is InChI=1S/C20H15F2N3S/c21-16-7-3-5-14(11-16)12-25-19-18(9-4-10-23-19)24-20(25)26-13-15-6-1-2-8-17(15)22/h1-11H,12-13H2. The molecule has 0 aliphatic heterocycles. The first-order valence-electron chi connectivity index (χ1n) is 8.12. The van der Waals surface area contributed by atoms with Gasteiger partial charge in [0.1, 0.15) is 17.2 Å². The van der Waals surface area contributed by atoms with Crippen molar-refractivity contribution in [2.45, 2.75) is 17.5 Å². The minimum absolute atomic E-state index is 0.231. The number of rotatable bonds is 5. The summed E-state index contributed by atoms with van der Waals surface area (Å²) in [5.41, 5.74) is 2.94. The summed E-state index contributed by atoms with van der Waals surface area (Å²) in [5, 5.41) is 0.728. The number of pyridine rings is 1. The highest BCUT2D eigenvalue weighted by atomic mass is 32.2. The maximum absolute atomic E-state index is 13.9. The van der Waals surface area contributed by atoms with Crippen molar-refractivity contribution in [3.8, 4) is 0 Å². The summed E-state index contributed by atoms with van der Waals surface area (Å²) in [6.45, 7) is 0.449. The van der Waals surface area contributed by atoms with Crippen molar-refractivity contribution >= 4 is 22.9 Å². The fourth-order valence-electron chi connectivity index (χ4n) is 2.77. The zero-order valence-corrected chi connectivity index (χ0v) is 14.6. The lowest BCUT2D eigenvalue weighted by atomic mass is 10.2. The summed E-state index contributed by atoms with van der Waals surface area (Å²) < 4.78 is 29.4.